The summed E-state index contributed by atoms with van der Waals surface area (Å²) in [6.45, 7) is 0. The summed E-state index contributed by atoms with van der Waals surface area (Å²) in [4.78, 5) is 12.3. The van der Waals surface area contributed by atoms with Crippen LogP contribution in [0.5, 0.6) is 0 Å². The third kappa shape index (κ3) is 2.90. The molecule has 0 atom stereocenters. The maximum absolute atomic E-state index is 12.3. The highest BCUT2D eigenvalue weighted by Crippen LogP contribution is 2.20. The maximum Gasteiger partial charge on any atom is 0.193 e. The van der Waals surface area contributed by atoms with E-state index in [0.29, 0.717) is 0 Å². The summed E-state index contributed by atoms with van der Waals surface area (Å²) in [7, 11) is 0. The van der Waals surface area contributed by atoms with Crippen LogP contribution >= 0.6 is 31.9 Å². The van der Waals surface area contributed by atoms with Crippen molar-refractivity contribution >= 4 is 37.6 Å². The van der Waals surface area contributed by atoms with Gasteiger partial charge in [-0.3, -0.25) is 4.79 Å². The molecule has 0 radical (unpaired) electrons. The zero-order valence-corrected chi connectivity index (χ0v) is 12.9. The highest BCUT2D eigenvalue weighted by atomic mass is 79.9. The van der Waals surface area contributed by atoms with E-state index >= 15 is 0 Å². The molecule has 0 aliphatic rings. The van der Waals surface area contributed by atoms with Crippen molar-refractivity contribution in [3.05, 3.63) is 70.8 Å². The molecular formula is C15H12Br2O. The Kier molecular flexibility index (Phi) is 4.72. The SMILES string of the molecule is O=C(c1ccccc1)c1ccc(CBr)c(CBr)c1. The Bertz CT molecular complexity index is 550. The predicted octanol–water partition coefficient (Wildman–Crippen LogP) is 4.71. The number of alkyl halides is 2. The van der Waals surface area contributed by atoms with Crippen LogP contribution in [0, 0.1) is 0 Å². The van der Waals surface area contributed by atoms with Gasteiger partial charge >= 0.3 is 0 Å². The van der Waals surface area contributed by atoms with Crippen molar-refractivity contribution in [1.29, 1.82) is 0 Å². The van der Waals surface area contributed by atoms with E-state index in [1.165, 1.54) is 5.56 Å². The molecule has 0 aromatic heterocycles. The van der Waals surface area contributed by atoms with Gasteiger partial charge in [-0.25, -0.2) is 0 Å². The zero-order chi connectivity index (χ0) is 13.0. The van der Waals surface area contributed by atoms with Crippen LogP contribution in [-0.2, 0) is 10.7 Å². The van der Waals surface area contributed by atoms with Crippen LogP contribution in [0.15, 0.2) is 48.5 Å². The van der Waals surface area contributed by atoms with Gasteiger partial charge in [0.2, 0.25) is 0 Å². The Morgan fingerprint density at radius 2 is 1.50 bits per heavy atom. The number of hydrogen-bond acceptors (Lipinski definition) is 1. The van der Waals surface area contributed by atoms with E-state index in [2.05, 4.69) is 31.9 Å². The normalized spacial score (nSPS) is 10.3. The third-order valence-electron chi connectivity index (χ3n) is 2.79. The highest BCUT2D eigenvalue weighted by Gasteiger charge is 2.10. The summed E-state index contributed by atoms with van der Waals surface area (Å²) >= 11 is 6.91. The Labute approximate surface area is 123 Å². The van der Waals surface area contributed by atoms with Crippen molar-refractivity contribution in [1.82, 2.24) is 0 Å². The molecule has 2 aromatic rings. The second-order valence-electron chi connectivity index (χ2n) is 3.95. The summed E-state index contributed by atoms with van der Waals surface area (Å²) < 4.78 is 0. The Hall–Kier alpha value is -0.930. The van der Waals surface area contributed by atoms with Crippen LogP contribution < -0.4 is 0 Å². The Morgan fingerprint density at radius 3 is 2.11 bits per heavy atom. The molecule has 0 aliphatic heterocycles. The fourth-order valence-corrected chi connectivity index (χ4v) is 2.85. The van der Waals surface area contributed by atoms with Crippen LogP contribution in [0.3, 0.4) is 0 Å². The van der Waals surface area contributed by atoms with E-state index in [-0.39, 0.29) is 5.78 Å². The van der Waals surface area contributed by atoms with Gasteiger partial charge in [-0.1, -0.05) is 74.3 Å². The molecule has 0 saturated heterocycles. The van der Waals surface area contributed by atoms with Crippen molar-refractivity contribution in [2.24, 2.45) is 0 Å². The van der Waals surface area contributed by atoms with Crippen LogP contribution in [0.1, 0.15) is 27.0 Å². The van der Waals surface area contributed by atoms with E-state index in [1.54, 1.807) is 0 Å². The molecule has 0 aliphatic carbocycles. The summed E-state index contributed by atoms with van der Waals surface area (Å²) in [6.07, 6.45) is 0. The second-order valence-corrected chi connectivity index (χ2v) is 5.07. The van der Waals surface area contributed by atoms with Crippen LogP contribution in [0.2, 0.25) is 0 Å². The molecule has 0 amide bonds. The van der Waals surface area contributed by atoms with Gasteiger partial charge in [-0.15, -0.1) is 0 Å². The fourth-order valence-electron chi connectivity index (χ4n) is 1.78. The van der Waals surface area contributed by atoms with Crippen molar-refractivity contribution in [2.75, 3.05) is 0 Å². The first-order chi connectivity index (χ1) is 8.76. The molecular weight excluding hydrogens is 356 g/mol. The van der Waals surface area contributed by atoms with E-state index in [4.69, 9.17) is 0 Å². The predicted molar refractivity (Wildman–Crippen MR) is 81.6 cm³/mol. The first kappa shape index (κ1) is 13.5. The van der Waals surface area contributed by atoms with Gasteiger partial charge in [-0.05, 0) is 17.2 Å². The van der Waals surface area contributed by atoms with Gasteiger partial charge < -0.3 is 0 Å². The number of benzene rings is 2. The van der Waals surface area contributed by atoms with Crippen LogP contribution in [0.25, 0.3) is 0 Å². The zero-order valence-electron chi connectivity index (χ0n) is 9.70. The Morgan fingerprint density at radius 1 is 0.833 bits per heavy atom. The lowest BCUT2D eigenvalue weighted by Crippen LogP contribution is -2.02. The summed E-state index contributed by atoms with van der Waals surface area (Å²) in [5, 5.41) is 1.55. The highest BCUT2D eigenvalue weighted by molar-refractivity contribution is 9.09. The number of ketones is 1. The fraction of sp³-hybridized carbons (Fsp3) is 0.133. The standard InChI is InChI=1S/C15H12Br2O/c16-9-13-7-6-12(8-14(13)10-17)15(18)11-4-2-1-3-5-11/h1-8H,9-10H2. The van der Waals surface area contributed by atoms with Crippen LogP contribution in [-0.4, -0.2) is 5.78 Å². The molecule has 0 N–H and O–H groups in total. The first-order valence-corrected chi connectivity index (χ1v) is 7.84. The summed E-state index contributed by atoms with van der Waals surface area (Å²) in [6, 6.07) is 15.2. The molecule has 92 valence electrons. The van der Waals surface area contributed by atoms with E-state index in [9.17, 15) is 4.79 Å². The lowest BCUT2D eigenvalue weighted by molar-refractivity contribution is 0.103. The van der Waals surface area contributed by atoms with Gasteiger partial charge in [0.05, 0.1) is 0 Å². The number of carbonyl (C=O) groups excluding carboxylic acids is 1. The van der Waals surface area contributed by atoms with Crippen molar-refractivity contribution in [3.8, 4) is 0 Å². The summed E-state index contributed by atoms with van der Waals surface area (Å²) in [5.74, 6) is 0.0684. The van der Waals surface area contributed by atoms with E-state index in [1.807, 2.05) is 48.5 Å². The summed E-state index contributed by atoms with van der Waals surface area (Å²) in [5.41, 5.74) is 3.81. The molecule has 0 spiro atoms. The molecule has 2 rings (SSSR count). The maximum atomic E-state index is 12.3. The van der Waals surface area contributed by atoms with E-state index in [0.717, 1.165) is 27.4 Å². The lowest BCUT2D eigenvalue weighted by Gasteiger charge is -2.07. The van der Waals surface area contributed by atoms with Crippen molar-refractivity contribution in [2.45, 2.75) is 10.7 Å². The quantitative estimate of drug-likeness (QED) is 0.565. The Balaban J connectivity index is 2.37. The molecule has 0 saturated carbocycles. The first-order valence-electron chi connectivity index (χ1n) is 5.59. The third-order valence-corrected chi connectivity index (χ3v) is 4.00. The minimum Gasteiger partial charge on any atom is -0.289 e. The number of hydrogen-bond donors (Lipinski definition) is 0. The lowest BCUT2D eigenvalue weighted by atomic mass is 9.99. The minimum absolute atomic E-state index is 0.0684. The molecule has 1 nitrogen and oxygen atoms in total. The largest absolute Gasteiger partial charge is 0.289 e. The average molecular weight is 368 g/mol. The van der Waals surface area contributed by atoms with Crippen molar-refractivity contribution < 1.29 is 4.79 Å². The van der Waals surface area contributed by atoms with E-state index < -0.39 is 0 Å². The van der Waals surface area contributed by atoms with Gasteiger partial charge in [0.15, 0.2) is 5.78 Å². The van der Waals surface area contributed by atoms with Gasteiger partial charge in [0.25, 0.3) is 0 Å². The molecule has 3 heteroatoms. The molecule has 2 aromatic carbocycles. The second kappa shape index (κ2) is 6.30. The van der Waals surface area contributed by atoms with Gasteiger partial charge in [0, 0.05) is 21.8 Å². The van der Waals surface area contributed by atoms with Crippen molar-refractivity contribution in [3.63, 3.8) is 0 Å². The topological polar surface area (TPSA) is 17.1 Å². The molecule has 0 unspecified atom stereocenters. The number of halogens is 2. The smallest absolute Gasteiger partial charge is 0.193 e. The molecule has 0 fully saturated rings. The minimum atomic E-state index is 0.0684. The molecule has 18 heavy (non-hydrogen) atoms. The van der Waals surface area contributed by atoms with Gasteiger partial charge in [-0.2, -0.15) is 0 Å². The molecule has 0 heterocycles. The number of carbonyl (C=O) groups is 1. The monoisotopic (exact) mass is 366 g/mol. The van der Waals surface area contributed by atoms with Crippen LogP contribution in [0.4, 0.5) is 0 Å². The van der Waals surface area contributed by atoms with Gasteiger partial charge in [0.1, 0.15) is 0 Å². The average Bonchev–Trinajstić information content (AvgIpc) is 2.46. The molecule has 0 bridgehead atoms. The number of rotatable bonds is 4.